The maximum atomic E-state index is 12.3. The number of nitrogens with two attached hydrogens (primary N) is 1. The van der Waals surface area contributed by atoms with Gasteiger partial charge in [0.25, 0.3) is 0 Å². The summed E-state index contributed by atoms with van der Waals surface area (Å²) in [5.41, 5.74) is 6.59. The predicted octanol–water partition coefficient (Wildman–Crippen LogP) is 0.532. The summed E-state index contributed by atoms with van der Waals surface area (Å²) in [6.45, 7) is 0.254. The van der Waals surface area contributed by atoms with Gasteiger partial charge in [-0.3, -0.25) is 0 Å². The van der Waals surface area contributed by atoms with Crippen LogP contribution in [0.2, 0.25) is 10.0 Å². The molecule has 0 aliphatic carbocycles. The fourth-order valence-corrected chi connectivity index (χ4v) is 2.63. The molecule has 0 bridgehead atoms. The first-order chi connectivity index (χ1) is 10.9. The molecular formula is C15H14AsCl2N3O2. The van der Waals surface area contributed by atoms with Gasteiger partial charge in [-0.15, -0.1) is 0 Å². The molecule has 2 amide bonds. The van der Waals surface area contributed by atoms with E-state index in [-0.39, 0.29) is 11.6 Å². The van der Waals surface area contributed by atoms with E-state index in [9.17, 15) is 9.59 Å². The summed E-state index contributed by atoms with van der Waals surface area (Å²) < 4.78 is 0.943. The third-order valence-corrected chi connectivity index (χ3v) is 4.59. The fraction of sp³-hybridized carbons (Fsp3) is 0.133. The Balaban J connectivity index is 2.13. The molecule has 2 rings (SSSR count). The van der Waals surface area contributed by atoms with Gasteiger partial charge in [-0.2, -0.15) is 0 Å². The second-order valence-corrected chi connectivity index (χ2v) is 6.87. The molecule has 3 N–H and O–H groups in total. The molecule has 2 aromatic rings. The van der Waals surface area contributed by atoms with E-state index in [1.165, 1.54) is 29.0 Å². The summed E-state index contributed by atoms with van der Waals surface area (Å²) >= 11 is 13.2. The van der Waals surface area contributed by atoms with Crippen LogP contribution in [0.25, 0.3) is 0 Å². The summed E-state index contributed by atoms with van der Waals surface area (Å²) in [4.78, 5) is 28.2. The summed E-state index contributed by atoms with van der Waals surface area (Å²) in [6.07, 6.45) is 1.68. The number of amides is 2. The number of nitrogens with one attached hydrogen (secondary N) is 1. The molecule has 8 heteroatoms. The van der Waals surface area contributed by atoms with Crippen LogP contribution in [0.3, 0.4) is 0 Å². The zero-order valence-corrected chi connectivity index (χ0v) is 15.9. The normalized spacial score (nSPS) is 11.8. The standard InChI is InChI=1S/C15H14AsCl2N3O2/c16-12-4-1-8(6-20-12)7-21-15(23)13(14(19)22)9-2-3-10(17)11(18)5-9/h1-6,13H,7,16H2,(H2,19,22)(H,21,23)/t13-/m0/s1. The van der Waals surface area contributed by atoms with E-state index < -0.39 is 17.7 Å². The number of carbonyl (C=O) groups excluding carboxylic acids is 2. The average molecular weight is 414 g/mol. The molecule has 0 aliphatic rings. The molecular weight excluding hydrogens is 400 g/mol. The van der Waals surface area contributed by atoms with Crippen molar-refractivity contribution in [2.45, 2.75) is 12.5 Å². The van der Waals surface area contributed by atoms with Gasteiger partial charge in [-0.1, -0.05) is 11.6 Å². The third-order valence-electron chi connectivity index (χ3n) is 3.14. The van der Waals surface area contributed by atoms with Gasteiger partial charge in [0.1, 0.15) is 0 Å². The Kier molecular flexibility index (Phi) is 6.05. The molecule has 2 atom stereocenters. The van der Waals surface area contributed by atoms with Crippen molar-refractivity contribution < 1.29 is 9.59 Å². The Labute approximate surface area is 152 Å². The number of pyridine rings is 1. The number of halogens is 2. The van der Waals surface area contributed by atoms with Crippen molar-refractivity contribution in [1.82, 2.24) is 10.3 Å². The number of rotatable bonds is 5. The maximum absolute atomic E-state index is 12.3. The molecule has 23 heavy (non-hydrogen) atoms. The quantitative estimate of drug-likeness (QED) is 0.553. The molecule has 120 valence electrons. The number of nitrogens with zero attached hydrogens (tertiary/aromatic N) is 1. The molecule has 0 saturated carbocycles. The predicted molar refractivity (Wildman–Crippen MR) is 92.7 cm³/mol. The molecule has 0 aliphatic heterocycles. The van der Waals surface area contributed by atoms with Crippen molar-refractivity contribution in [2.24, 2.45) is 5.73 Å². The Morgan fingerprint density at radius 1 is 1.22 bits per heavy atom. The molecule has 1 unspecified atom stereocenters. The fourth-order valence-electron chi connectivity index (χ4n) is 1.97. The van der Waals surface area contributed by atoms with Crippen LogP contribution in [-0.2, 0) is 16.1 Å². The molecule has 0 saturated heterocycles. The average Bonchev–Trinajstić information content (AvgIpc) is 2.50. The van der Waals surface area contributed by atoms with Crippen LogP contribution in [0.15, 0.2) is 36.5 Å². The van der Waals surface area contributed by atoms with Crippen molar-refractivity contribution in [3.05, 3.63) is 57.7 Å². The first-order valence-corrected chi connectivity index (χ1v) is 8.57. The third kappa shape index (κ3) is 4.71. The van der Waals surface area contributed by atoms with Crippen LogP contribution in [0.1, 0.15) is 17.0 Å². The summed E-state index contributed by atoms with van der Waals surface area (Å²) in [6, 6.07) is 8.27. The van der Waals surface area contributed by atoms with Crippen LogP contribution in [0.4, 0.5) is 0 Å². The van der Waals surface area contributed by atoms with Gasteiger partial charge >= 0.3 is 141 Å². The SMILES string of the molecule is NC(=O)[C@@H](C(=O)NCc1ccc([AsH2])nc1)c1ccc(Cl)c(Cl)c1. The number of primary amides is 1. The van der Waals surface area contributed by atoms with Gasteiger partial charge in [-0.25, -0.2) is 0 Å². The van der Waals surface area contributed by atoms with Gasteiger partial charge in [0.15, 0.2) is 0 Å². The Morgan fingerprint density at radius 2 is 1.96 bits per heavy atom. The van der Waals surface area contributed by atoms with Gasteiger partial charge < -0.3 is 0 Å². The first kappa shape index (κ1) is 17.8. The molecule has 5 nitrogen and oxygen atoms in total. The first-order valence-electron chi connectivity index (χ1n) is 6.61. The zero-order valence-electron chi connectivity index (χ0n) is 11.9. The molecule has 0 radical (unpaired) electrons. The van der Waals surface area contributed by atoms with E-state index in [4.69, 9.17) is 28.9 Å². The Morgan fingerprint density at radius 3 is 2.52 bits per heavy atom. The van der Waals surface area contributed by atoms with Gasteiger partial charge in [0.05, 0.1) is 0 Å². The van der Waals surface area contributed by atoms with Gasteiger partial charge in [-0.05, 0) is 0 Å². The van der Waals surface area contributed by atoms with Crippen LogP contribution >= 0.6 is 23.2 Å². The number of hydrogen-bond donors (Lipinski definition) is 2. The van der Waals surface area contributed by atoms with Crippen molar-refractivity contribution in [2.75, 3.05) is 0 Å². The second kappa shape index (κ2) is 7.82. The monoisotopic (exact) mass is 413 g/mol. The van der Waals surface area contributed by atoms with Crippen molar-refractivity contribution in [3.63, 3.8) is 0 Å². The molecule has 1 aromatic carbocycles. The van der Waals surface area contributed by atoms with E-state index in [1.54, 1.807) is 12.3 Å². The zero-order chi connectivity index (χ0) is 17.0. The van der Waals surface area contributed by atoms with Crippen LogP contribution in [-0.4, -0.2) is 33.7 Å². The van der Waals surface area contributed by atoms with E-state index >= 15 is 0 Å². The van der Waals surface area contributed by atoms with Crippen LogP contribution in [0, 0.1) is 0 Å². The number of hydrogen-bond acceptors (Lipinski definition) is 3. The molecule has 0 spiro atoms. The van der Waals surface area contributed by atoms with E-state index in [0.29, 0.717) is 10.6 Å². The molecule has 1 heterocycles. The van der Waals surface area contributed by atoms with Crippen LogP contribution in [0.5, 0.6) is 0 Å². The van der Waals surface area contributed by atoms with E-state index in [0.717, 1.165) is 10.0 Å². The summed E-state index contributed by atoms with van der Waals surface area (Å²) in [5, 5.41) is 3.28. The minimum absolute atomic E-state index is 0.254. The molecule has 1 aromatic heterocycles. The summed E-state index contributed by atoms with van der Waals surface area (Å²) in [5.74, 6) is -2.39. The van der Waals surface area contributed by atoms with Crippen molar-refractivity contribution in [1.29, 1.82) is 0 Å². The van der Waals surface area contributed by atoms with E-state index in [1.807, 2.05) is 12.1 Å². The summed E-state index contributed by atoms with van der Waals surface area (Å²) in [7, 11) is 0. The Hall–Kier alpha value is -1.55. The Bertz CT molecular complexity index is 738. The number of aromatic nitrogens is 1. The van der Waals surface area contributed by atoms with Crippen molar-refractivity contribution >= 4 is 56.4 Å². The number of carbonyl (C=O) groups is 2. The molecule has 0 fully saturated rings. The van der Waals surface area contributed by atoms with Crippen LogP contribution < -0.4 is 15.5 Å². The second-order valence-electron chi connectivity index (χ2n) is 4.82. The van der Waals surface area contributed by atoms with Gasteiger partial charge in [0.2, 0.25) is 0 Å². The van der Waals surface area contributed by atoms with Gasteiger partial charge in [0, 0.05) is 0 Å². The number of benzene rings is 1. The van der Waals surface area contributed by atoms with Crippen molar-refractivity contribution in [3.8, 4) is 0 Å². The minimum atomic E-state index is -1.13. The van der Waals surface area contributed by atoms with E-state index in [2.05, 4.69) is 10.3 Å². The topological polar surface area (TPSA) is 85.1 Å².